The van der Waals surface area contributed by atoms with E-state index in [1.54, 1.807) is 6.07 Å². The van der Waals surface area contributed by atoms with E-state index in [2.05, 4.69) is 0 Å². The maximum atomic E-state index is 8.81. The van der Waals surface area contributed by atoms with Gasteiger partial charge in [0, 0.05) is 0 Å². The van der Waals surface area contributed by atoms with Crippen LogP contribution in [0.25, 0.3) is 0 Å². The highest BCUT2D eigenvalue weighted by atomic mass is 35.7. The Morgan fingerprint density at radius 2 is 2.08 bits per heavy atom. The third kappa shape index (κ3) is 2.63. The fraction of sp³-hybridized carbons (Fsp3) is 0.250. The van der Waals surface area contributed by atoms with Crippen molar-refractivity contribution in [3.05, 3.63) is 29.3 Å². The van der Waals surface area contributed by atoms with Crippen LogP contribution >= 0.6 is 19.0 Å². The van der Waals surface area contributed by atoms with E-state index in [1.807, 2.05) is 26.0 Å². The summed E-state index contributed by atoms with van der Waals surface area (Å²) in [5, 5.41) is 0. The van der Waals surface area contributed by atoms with Gasteiger partial charge in [0.15, 0.2) is 0 Å². The van der Waals surface area contributed by atoms with Crippen LogP contribution in [0.5, 0.6) is 5.75 Å². The van der Waals surface area contributed by atoms with Crippen molar-refractivity contribution >= 4 is 19.0 Å². The molecule has 0 heterocycles. The van der Waals surface area contributed by atoms with Crippen LogP contribution in [0.3, 0.4) is 0 Å². The maximum absolute atomic E-state index is 8.81. The summed E-state index contributed by atoms with van der Waals surface area (Å²) in [4.78, 5) is 8.81. The number of benzene rings is 1. The third-order valence-electron chi connectivity index (χ3n) is 1.50. The van der Waals surface area contributed by atoms with Gasteiger partial charge in [-0.05, 0) is 36.7 Å². The van der Waals surface area contributed by atoms with E-state index < -0.39 is 7.73 Å². The van der Waals surface area contributed by atoms with Gasteiger partial charge in [-0.1, -0.05) is 17.7 Å². The Morgan fingerprint density at radius 3 is 2.58 bits per heavy atom. The molecule has 0 spiro atoms. The van der Waals surface area contributed by atoms with Gasteiger partial charge in [-0.25, -0.2) is 0 Å². The SMILES string of the molecule is Cc1ccc(OP(O)Cl)c(C)c1. The quantitative estimate of drug-likeness (QED) is 0.750. The van der Waals surface area contributed by atoms with E-state index in [0.717, 1.165) is 11.1 Å². The molecule has 12 heavy (non-hydrogen) atoms. The smallest absolute Gasteiger partial charge is 0.335 e. The van der Waals surface area contributed by atoms with E-state index in [1.165, 1.54) is 0 Å². The largest absolute Gasteiger partial charge is 0.436 e. The Bertz CT molecular complexity index is 276. The van der Waals surface area contributed by atoms with Crippen molar-refractivity contribution in [1.82, 2.24) is 0 Å². The maximum Gasteiger partial charge on any atom is 0.335 e. The van der Waals surface area contributed by atoms with Gasteiger partial charge < -0.3 is 9.42 Å². The number of aryl methyl sites for hydroxylation is 2. The summed E-state index contributed by atoms with van der Waals surface area (Å²) in [6.45, 7) is 3.91. The van der Waals surface area contributed by atoms with Gasteiger partial charge in [0.1, 0.15) is 5.75 Å². The number of halogens is 1. The molecule has 66 valence electrons. The summed E-state index contributed by atoms with van der Waals surface area (Å²) in [6.07, 6.45) is 0. The molecule has 2 nitrogen and oxygen atoms in total. The Kier molecular flexibility index (Phi) is 3.33. The van der Waals surface area contributed by atoms with Crippen molar-refractivity contribution in [2.75, 3.05) is 0 Å². The molecular weight excluding hydrogens is 195 g/mol. The zero-order valence-corrected chi connectivity index (χ0v) is 8.56. The topological polar surface area (TPSA) is 29.5 Å². The first-order valence-electron chi connectivity index (χ1n) is 3.49. The fourth-order valence-electron chi connectivity index (χ4n) is 0.983. The van der Waals surface area contributed by atoms with Gasteiger partial charge in [-0.2, -0.15) is 0 Å². The predicted octanol–water partition coefficient (Wildman–Crippen LogP) is 3.14. The minimum atomic E-state index is -1.83. The van der Waals surface area contributed by atoms with Gasteiger partial charge in [0.2, 0.25) is 0 Å². The number of rotatable bonds is 2. The summed E-state index contributed by atoms with van der Waals surface area (Å²) in [5.41, 5.74) is 2.15. The van der Waals surface area contributed by atoms with Crippen LogP contribution in [-0.4, -0.2) is 4.89 Å². The second-order valence-corrected chi connectivity index (χ2v) is 4.09. The zero-order valence-electron chi connectivity index (χ0n) is 6.91. The van der Waals surface area contributed by atoms with Crippen molar-refractivity contribution in [3.8, 4) is 5.75 Å². The molecular formula is C8H10ClO2P. The monoisotopic (exact) mass is 204 g/mol. The predicted molar refractivity (Wildman–Crippen MR) is 51.5 cm³/mol. The molecule has 0 bridgehead atoms. The van der Waals surface area contributed by atoms with E-state index in [-0.39, 0.29) is 0 Å². The first kappa shape index (κ1) is 9.79. The number of hydrogen-bond acceptors (Lipinski definition) is 2. The second-order valence-electron chi connectivity index (χ2n) is 2.59. The van der Waals surface area contributed by atoms with Crippen LogP contribution < -0.4 is 4.52 Å². The lowest BCUT2D eigenvalue weighted by Gasteiger charge is -2.08. The lowest BCUT2D eigenvalue weighted by atomic mass is 10.1. The lowest BCUT2D eigenvalue weighted by molar-refractivity contribution is 0.504. The van der Waals surface area contributed by atoms with Crippen molar-refractivity contribution in [1.29, 1.82) is 0 Å². The summed E-state index contributed by atoms with van der Waals surface area (Å²) in [6, 6.07) is 5.70. The average Bonchev–Trinajstić information content (AvgIpc) is 1.94. The first-order chi connectivity index (χ1) is 5.59. The first-order valence-corrected chi connectivity index (χ1v) is 5.61. The van der Waals surface area contributed by atoms with Gasteiger partial charge in [0.25, 0.3) is 0 Å². The molecule has 1 atom stereocenters. The highest BCUT2D eigenvalue weighted by molar-refractivity contribution is 7.75. The summed E-state index contributed by atoms with van der Waals surface area (Å²) in [7, 11) is -1.83. The van der Waals surface area contributed by atoms with Crippen molar-refractivity contribution in [3.63, 3.8) is 0 Å². The standard InChI is InChI=1S/C8H10ClO2P/c1-6-3-4-8(7(2)5-6)11-12(9)10/h3-5,10H,1-2H3. The molecule has 1 unspecified atom stereocenters. The Morgan fingerprint density at radius 1 is 1.42 bits per heavy atom. The molecule has 0 aliphatic heterocycles. The summed E-state index contributed by atoms with van der Waals surface area (Å²) >= 11 is 5.32. The van der Waals surface area contributed by atoms with Crippen LogP contribution in [0.2, 0.25) is 0 Å². The van der Waals surface area contributed by atoms with E-state index in [9.17, 15) is 0 Å². The van der Waals surface area contributed by atoms with Gasteiger partial charge >= 0.3 is 7.73 Å². The van der Waals surface area contributed by atoms with Crippen LogP contribution in [0.4, 0.5) is 0 Å². The van der Waals surface area contributed by atoms with Gasteiger partial charge in [0.05, 0.1) is 0 Å². The molecule has 0 saturated carbocycles. The van der Waals surface area contributed by atoms with Crippen LogP contribution in [0.1, 0.15) is 11.1 Å². The third-order valence-corrected chi connectivity index (χ3v) is 2.06. The van der Waals surface area contributed by atoms with E-state index >= 15 is 0 Å². The lowest BCUT2D eigenvalue weighted by Crippen LogP contribution is -1.86. The van der Waals surface area contributed by atoms with Crippen molar-refractivity contribution in [2.24, 2.45) is 0 Å². The molecule has 0 aromatic heterocycles. The number of hydrogen-bond donors (Lipinski definition) is 1. The Labute approximate surface area is 77.8 Å². The molecule has 0 amide bonds. The molecule has 0 aliphatic carbocycles. The Hall–Kier alpha value is -0.300. The molecule has 4 heteroatoms. The summed E-state index contributed by atoms with van der Waals surface area (Å²) in [5.74, 6) is 0.643. The average molecular weight is 205 g/mol. The molecule has 0 saturated heterocycles. The van der Waals surface area contributed by atoms with Crippen molar-refractivity contribution in [2.45, 2.75) is 13.8 Å². The Balaban J connectivity index is 2.86. The minimum Gasteiger partial charge on any atom is -0.436 e. The second kappa shape index (κ2) is 4.08. The van der Waals surface area contributed by atoms with Crippen LogP contribution in [0.15, 0.2) is 18.2 Å². The fourth-order valence-corrected chi connectivity index (χ4v) is 1.57. The minimum absolute atomic E-state index is 0.643. The van der Waals surface area contributed by atoms with Crippen LogP contribution in [-0.2, 0) is 0 Å². The molecule has 1 aromatic carbocycles. The molecule has 0 radical (unpaired) electrons. The van der Waals surface area contributed by atoms with E-state index in [0.29, 0.717) is 5.75 Å². The normalized spacial score (nSPS) is 12.7. The van der Waals surface area contributed by atoms with Gasteiger partial charge in [-0.15, -0.1) is 0 Å². The molecule has 1 aromatic rings. The molecule has 1 rings (SSSR count). The molecule has 0 aliphatic rings. The summed E-state index contributed by atoms with van der Waals surface area (Å²) < 4.78 is 4.99. The van der Waals surface area contributed by atoms with Crippen molar-refractivity contribution < 1.29 is 9.42 Å². The molecule has 0 fully saturated rings. The van der Waals surface area contributed by atoms with Crippen LogP contribution in [0, 0.1) is 13.8 Å². The molecule has 1 N–H and O–H groups in total. The highest BCUT2D eigenvalue weighted by Crippen LogP contribution is 2.39. The highest BCUT2D eigenvalue weighted by Gasteiger charge is 2.04. The van der Waals surface area contributed by atoms with E-state index in [4.69, 9.17) is 20.7 Å². The zero-order chi connectivity index (χ0) is 9.14. The van der Waals surface area contributed by atoms with Gasteiger partial charge in [-0.3, -0.25) is 0 Å².